The van der Waals surface area contributed by atoms with Crippen molar-refractivity contribution in [2.45, 2.75) is 13.2 Å². The summed E-state index contributed by atoms with van der Waals surface area (Å²) in [6.45, 7) is 0.797. The monoisotopic (exact) mass is 448 g/mol. The van der Waals surface area contributed by atoms with E-state index in [1.165, 1.54) is 0 Å². The quantitative estimate of drug-likeness (QED) is 0.279. The summed E-state index contributed by atoms with van der Waals surface area (Å²) in [5, 5.41) is 4.26. The maximum absolute atomic E-state index is 6.44. The number of benzene rings is 3. The van der Waals surface area contributed by atoms with Crippen LogP contribution in [0, 0.1) is 0 Å². The van der Waals surface area contributed by atoms with Gasteiger partial charge in [-0.25, -0.2) is 0 Å². The van der Waals surface area contributed by atoms with Crippen LogP contribution in [-0.2, 0) is 13.2 Å². The first kappa shape index (κ1) is 21.3. The second-order valence-corrected chi connectivity index (χ2v) is 7.77. The minimum absolute atomic E-state index is 0.377. The van der Waals surface area contributed by atoms with Gasteiger partial charge in [0.1, 0.15) is 18.9 Å². The lowest BCUT2D eigenvalue weighted by molar-refractivity contribution is 0.269. The van der Waals surface area contributed by atoms with Gasteiger partial charge in [-0.05, 0) is 41.5 Å². The number of hydrogen-bond donors (Lipinski definition) is 2. The number of ether oxygens (including phenoxy) is 2. The number of anilines is 3. The fraction of sp³-hybridized carbons (Fsp3) is 0.0714. The molecule has 0 spiro atoms. The number of rotatable bonds is 8. The van der Waals surface area contributed by atoms with Crippen molar-refractivity contribution in [1.29, 1.82) is 0 Å². The van der Waals surface area contributed by atoms with Crippen LogP contribution in [0.2, 0.25) is 0 Å². The first-order valence-corrected chi connectivity index (χ1v) is 11.0. The lowest BCUT2D eigenvalue weighted by Crippen LogP contribution is -2.05. The van der Waals surface area contributed by atoms with Gasteiger partial charge in [0, 0.05) is 17.6 Å². The molecule has 0 atom stereocenters. The molecule has 34 heavy (non-hydrogen) atoms. The van der Waals surface area contributed by atoms with Crippen LogP contribution in [0.1, 0.15) is 11.1 Å². The van der Waals surface area contributed by atoms with Crippen LogP contribution in [-0.4, -0.2) is 9.97 Å². The van der Waals surface area contributed by atoms with Gasteiger partial charge in [0.25, 0.3) is 0 Å². The Hall–Kier alpha value is -4.58. The van der Waals surface area contributed by atoms with E-state index in [0.29, 0.717) is 36.3 Å². The molecule has 0 radical (unpaired) electrons. The Bertz CT molecular complexity index is 1390. The summed E-state index contributed by atoms with van der Waals surface area (Å²) in [4.78, 5) is 9.00. The van der Waals surface area contributed by atoms with E-state index in [1.54, 1.807) is 6.20 Å². The van der Waals surface area contributed by atoms with Crippen LogP contribution in [0.4, 0.5) is 17.1 Å². The molecule has 0 aliphatic rings. The Morgan fingerprint density at radius 1 is 0.676 bits per heavy atom. The molecular weight excluding hydrogens is 424 g/mol. The Morgan fingerprint density at radius 2 is 1.35 bits per heavy atom. The van der Waals surface area contributed by atoms with Gasteiger partial charge in [0.2, 0.25) is 11.8 Å². The van der Waals surface area contributed by atoms with Crippen molar-refractivity contribution >= 4 is 28.0 Å². The van der Waals surface area contributed by atoms with Crippen molar-refractivity contribution in [2.24, 2.45) is 0 Å². The van der Waals surface area contributed by atoms with Crippen LogP contribution in [0.3, 0.4) is 0 Å². The van der Waals surface area contributed by atoms with Crippen LogP contribution in [0.5, 0.6) is 11.8 Å². The number of nitrogens with one attached hydrogen (secondary N) is 1. The zero-order valence-electron chi connectivity index (χ0n) is 18.5. The van der Waals surface area contributed by atoms with E-state index >= 15 is 0 Å². The number of nitrogens with two attached hydrogens (primary N) is 1. The van der Waals surface area contributed by atoms with Crippen LogP contribution in [0.15, 0.2) is 103 Å². The summed E-state index contributed by atoms with van der Waals surface area (Å²) in [5.74, 6) is 0.910. The minimum atomic E-state index is 0.377. The highest BCUT2D eigenvalue weighted by Crippen LogP contribution is 2.34. The Labute approximate surface area is 198 Å². The summed E-state index contributed by atoms with van der Waals surface area (Å²) >= 11 is 0. The largest absolute Gasteiger partial charge is 0.473 e. The van der Waals surface area contributed by atoms with E-state index in [2.05, 4.69) is 15.3 Å². The normalized spacial score (nSPS) is 10.7. The molecule has 3 N–H and O–H groups in total. The SMILES string of the molecule is Nc1c(Nc2ccc(OCc3ccccc3)nc2OCc2ccccc2)ccc2ncccc12. The summed E-state index contributed by atoms with van der Waals surface area (Å²) < 4.78 is 12.0. The highest BCUT2D eigenvalue weighted by molar-refractivity contribution is 5.98. The van der Waals surface area contributed by atoms with Crippen molar-refractivity contribution in [3.05, 3.63) is 114 Å². The summed E-state index contributed by atoms with van der Waals surface area (Å²) in [7, 11) is 0. The topological polar surface area (TPSA) is 82.3 Å². The minimum Gasteiger partial charge on any atom is -0.473 e. The van der Waals surface area contributed by atoms with Crippen LogP contribution in [0.25, 0.3) is 10.9 Å². The third kappa shape index (κ3) is 4.91. The third-order valence-electron chi connectivity index (χ3n) is 5.38. The van der Waals surface area contributed by atoms with E-state index in [1.807, 2.05) is 97.1 Å². The molecule has 2 aromatic heterocycles. The lowest BCUT2D eigenvalue weighted by atomic mass is 10.1. The molecule has 0 saturated carbocycles. The lowest BCUT2D eigenvalue weighted by Gasteiger charge is -2.16. The Balaban J connectivity index is 1.42. The molecule has 3 aromatic carbocycles. The zero-order valence-corrected chi connectivity index (χ0v) is 18.5. The van der Waals surface area contributed by atoms with Gasteiger partial charge in [-0.3, -0.25) is 4.98 Å². The number of nitrogens with zero attached hydrogens (tertiary/aromatic N) is 2. The summed E-state index contributed by atoms with van der Waals surface area (Å²) in [5.41, 5.74) is 11.4. The highest BCUT2D eigenvalue weighted by atomic mass is 16.5. The van der Waals surface area contributed by atoms with Gasteiger partial charge < -0.3 is 20.5 Å². The molecule has 0 unspecified atom stereocenters. The second-order valence-electron chi connectivity index (χ2n) is 7.77. The molecule has 0 aliphatic carbocycles. The molecule has 0 aliphatic heterocycles. The van der Waals surface area contributed by atoms with Gasteiger partial charge in [-0.15, -0.1) is 0 Å². The molecular formula is C28H24N4O2. The number of pyridine rings is 2. The van der Waals surface area contributed by atoms with Crippen LogP contribution >= 0.6 is 0 Å². The van der Waals surface area contributed by atoms with Gasteiger partial charge in [-0.1, -0.05) is 60.7 Å². The van der Waals surface area contributed by atoms with Crippen molar-refractivity contribution < 1.29 is 9.47 Å². The van der Waals surface area contributed by atoms with E-state index in [-0.39, 0.29) is 0 Å². The number of aromatic nitrogens is 2. The molecule has 0 fully saturated rings. The smallest absolute Gasteiger partial charge is 0.241 e. The average Bonchev–Trinajstić information content (AvgIpc) is 2.90. The fourth-order valence-corrected chi connectivity index (χ4v) is 3.60. The van der Waals surface area contributed by atoms with Gasteiger partial charge >= 0.3 is 0 Å². The molecule has 0 saturated heterocycles. The molecule has 5 rings (SSSR count). The number of nitrogen functional groups attached to an aromatic ring is 1. The predicted molar refractivity (Wildman–Crippen MR) is 135 cm³/mol. The first-order chi connectivity index (χ1) is 16.8. The highest BCUT2D eigenvalue weighted by Gasteiger charge is 2.12. The first-order valence-electron chi connectivity index (χ1n) is 11.0. The Morgan fingerprint density at radius 3 is 2.09 bits per heavy atom. The maximum Gasteiger partial charge on any atom is 0.241 e. The number of hydrogen-bond acceptors (Lipinski definition) is 6. The molecule has 6 nitrogen and oxygen atoms in total. The molecule has 2 heterocycles. The van der Waals surface area contributed by atoms with Gasteiger partial charge in [0.15, 0.2) is 0 Å². The van der Waals surface area contributed by atoms with Crippen LogP contribution < -0.4 is 20.5 Å². The number of fused-ring (bicyclic) bond motifs is 1. The molecule has 168 valence electrons. The van der Waals surface area contributed by atoms with Gasteiger partial charge in [-0.2, -0.15) is 4.98 Å². The summed E-state index contributed by atoms with van der Waals surface area (Å²) in [6.07, 6.45) is 1.75. The molecule has 5 aromatic rings. The Kier molecular flexibility index (Phi) is 6.21. The van der Waals surface area contributed by atoms with Crippen molar-refractivity contribution in [2.75, 3.05) is 11.1 Å². The maximum atomic E-state index is 6.44. The fourth-order valence-electron chi connectivity index (χ4n) is 3.60. The van der Waals surface area contributed by atoms with Crippen molar-refractivity contribution in [3.63, 3.8) is 0 Å². The standard InChI is InChI=1S/C28H24N4O2/c29-27-22-12-7-17-30-23(22)13-14-24(27)31-25-15-16-26(33-18-20-8-3-1-4-9-20)32-28(25)34-19-21-10-5-2-6-11-21/h1-17,31H,18-19,29H2. The molecule has 6 heteroatoms. The predicted octanol–water partition coefficient (Wildman–Crippen LogP) is 6.11. The molecule has 0 amide bonds. The average molecular weight is 449 g/mol. The summed E-state index contributed by atoms with van der Waals surface area (Å²) in [6, 6.07) is 31.3. The zero-order chi connectivity index (χ0) is 23.2. The molecule has 0 bridgehead atoms. The van der Waals surface area contributed by atoms with E-state index < -0.39 is 0 Å². The van der Waals surface area contributed by atoms with E-state index in [0.717, 1.165) is 27.7 Å². The van der Waals surface area contributed by atoms with Crippen molar-refractivity contribution in [3.8, 4) is 11.8 Å². The van der Waals surface area contributed by atoms with E-state index in [9.17, 15) is 0 Å². The third-order valence-corrected chi connectivity index (χ3v) is 5.38. The second kappa shape index (κ2) is 9.92. The van der Waals surface area contributed by atoms with Gasteiger partial charge in [0.05, 0.1) is 16.9 Å². The van der Waals surface area contributed by atoms with E-state index in [4.69, 9.17) is 15.2 Å². The van der Waals surface area contributed by atoms with Crippen molar-refractivity contribution in [1.82, 2.24) is 9.97 Å².